The molecule has 2 aliphatic rings. The molecule has 0 fully saturated rings. The van der Waals surface area contributed by atoms with Crippen molar-refractivity contribution in [3.8, 4) is 5.75 Å². The molecule has 2 aromatic heterocycles. The van der Waals surface area contributed by atoms with Crippen LogP contribution in [0.3, 0.4) is 0 Å². The Morgan fingerprint density at radius 2 is 1.59 bits per heavy atom. The lowest BCUT2D eigenvalue weighted by atomic mass is 9.95. The molecule has 0 unspecified atom stereocenters. The molecule has 11 heteroatoms. The second-order valence-electron chi connectivity index (χ2n) is 13.7. The number of fused-ring (bicyclic) bond motifs is 7. The molecule has 0 radical (unpaired) electrons. The van der Waals surface area contributed by atoms with Crippen LogP contribution in [0.2, 0.25) is 0 Å². The van der Waals surface area contributed by atoms with E-state index in [4.69, 9.17) is 16.3 Å². The number of phenolic OH excluding ortho intramolecular Hbond substituents is 1. The standard InChI is InChI=1S/C38H34ClN5O5/c1-38(2,3)49-37(48)40-22-8-9-27-20(14-22)15-29(41-27)35(46)43-13-12-23-26-16-30(42-28(26)10-11-31(23)43)36(47)44-19-21(18-39)34-25-7-5-4-6-24(25)33(45)17-32(34)44/h4-11,14-17,21,41-42,45H,12-13,18-19H2,1-3H3,(H,40,48)/t21-/m1/s1. The minimum atomic E-state index is -0.619. The molecule has 3 amide bonds. The lowest BCUT2D eigenvalue weighted by Gasteiger charge is -2.19. The van der Waals surface area contributed by atoms with Crippen LogP contribution in [0.15, 0.2) is 72.8 Å². The van der Waals surface area contributed by atoms with Crippen LogP contribution >= 0.6 is 11.6 Å². The Bertz CT molecular complexity index is 2350. The number of aromatic nitrogens is 2. The van der Waals surface area contributed by atoms with Crippen LogP contribution in [-0.2, 0) is 11.2 Å². The minimum absolute atomic E-state index is 0.0724. The van der Waals surface area contributed by atoms with Crippen molar-refractivity contribution in [2.45, 2.75) is 38.7 Å². The predicted molar refractivity (Wildman–Crippen MR) is 193 cm³/mol. The first-order valence-corrected chi connectivity index (χ1v) is 16.7. The summed E-state index contributed by atoms with van der Waals surface area (Å²) in [5.41, 5.74) is 5.79. The number of halogens is 1. The van der Waals surface area contributed by atoms with Gasteiger partial charge in [0.05, 0.1) is 5.69 Å². The number of nitrogens with one attached hydrogen (secondary N) is 3. The molecule has 10 nitrogen and oxygen atoms in total. The van der Waals surface area contributed by atoms with E-state index in [1.165, 1.54) is 0 Å². The largest absolute Gasteiger partial charge is 0.507 e. The van der Waals surface area contributed by atoms with Crippen LogP contribution in [0.4, 0.5) is 21.9 Å². The SMILES string of the molecule is CC(C)(C)OC(=O)Nc1ccc2[nH]c(C(=O)N3CCc4c3ccc3[nH]c(C(=O)N5C[C@@H](CCl)c6c5cc(O)c5ccccc65)cc43)cc2c1. The van der Waals surface area contributed by atoms with Gasteiger partial charge in [-0.15, -0.1) is 11.6 Å². The number of amides is 3. The first-order valence-electron chi connectivity index (χ1n) is 16.2. The highest BCUT2D eigenvalue weighted by atomic mass is 35.5. The van der Waals surface area contributed by atoms with Crippen molar-refractivity contribution in [3.05, 3.63) is 95.3 Å². The number of nitrogens with zero attached hydrogens (tertiary/aromatic N) is 2. The molecule has 0 spiro atoms. The average molecular weight is 676 g/mol. The molecule has 8 rings (SSSR count). The molecule has 4 heterocycles. The molecule has 0 saturated heterocycles. The van der Waals surface area contributed by atoms with E-state index in [1.807, 2.05) is 48.5 Å². The van der Waals surface area contributed by atoms with Crippen molar-refractivity contribution >= 4 is 79.1 Å². The van der Waals surface area contributed by atoms with Crippen LogP contribution in [-0.4, -0.2) is 57.6 Å². The van der Waals surface area contributed by atoms with E-state index in [0.717, 1.165) is 49.4 Å². The summed E-state index contributed by atoms with van der Waals surface area (Å²) in [6.07, 6.45) is 0.0837. The summed E-state index contributed by atoms with van der Waals surface area (Å²) in [4.78, 5) is 50.1. The summed E-state index contributed by atoms with van der Waals surface area (Å²) < 4.78 is 5.35. The monoisotopic (exact) mass is 675 g/mol. The number of aromatic amines is 2. The summed E-state index contributed by atoms with van der Waals surface area (Å²) in [7, 11) is 0. The molecule has 0 saturated carbocycles. The first kappa shape index (κ1) is 30.8. The van der Waals surface area contributed by atoms with Gasteiger partial charge < -0.3 is 29.6 Å². The summed E-state index contributed by atoms with van der Waals surface area (Å²) in [5, 5.41) is 16.9. The Balaban J connectivity index is 1.06. The van der Waals surface area contributed by atoms with Gasteiger partial charge >= 0.3 is 6.09 Å². The van der Waals surface area contributed by atoms with Crippen LogP contribution in [0.5, 0.6) is 5.75 Å². The maximum atomic E-state index is 14.0. The normalized spacial score (nSPS) is 15.6. The van der Waals surface area contributed by atoms with Gasteiger partial charge in [0.2, 0.25) is 0 Å². The lowest BCUT2D eigenvalue weighted by Crippen LogP contribution is -2.30. The number of carbonyl (C=O) groups is 3. The van der Waals surface area contributed by atoms with Gasteiger partial charge in [0.15, 0.2) is 0 Å². The van der Waals surface area contributed by atoms with Crippen LogP contribution in [0, 0.1) is 0 Å². The van der Waals surface area contributed by atoms with Crippen molar-refractivity contribution in [1.29, 1.82) is 0 Å². The van der Waals surface area contributed by atoms with Gasteiger partial charge in [-0.05, 0) is 86.2 Å². The Morgan fingerprint density at radius 1 is 0.878 bits per heavy atom. The van der Waals surface area contributed by atoms with Gasteiger partial charge in [0.25, 0.3) is 11.8 Å². The van der Waals surface area contributed by atoms with Gasteiger partial charge in [-0.25, -0.2) is 4.79 Å². The maximum absolute atomic E-state index is 14.0. The number of hydrogen-bond donors (Lipinski definition) is 4. The van der Waals surface area contributed by atoms with Crippen LogP contribution in [0.1, 0.15) is 58.8 Å². The van der Waals surface area contributed by atoms with Gasteiger partial charge in [-0.3, -0.25) is 14.9 Å². The summed E-state index contributed by atoms with van der Waals surface area (Å²) in [6, 6.07) is 22.1. The molecule has 0 bridgehead atoms. The third-order valence-electron chi connectivity index (χ3n) is 9.31. The summed E-state index contributed by atoms with van der Waals surface area (Å²) in [5.74, 6) is 0.00995. The van der Waals surface area contributed by atoms with E-state index in [1.54, 1.807) is 54.8 Å². The smallest absolute Gasteiger partial charge is 0.412 e. The zero-order valence-electron chi connectivity index (χ0n) is 27.2. The third kappa shape index (κ3) is 5.23. The number of carbonyl (C=O) groups excluding carboxylic acids is 3. The number of phenols is 1. The zero-order chi connectivity index (χ0) is 34.2. The van der Waals surface area contributed by atoms with Gasteiger partial charge in [-0.1, -0.05) is 24.3 Å². The molecule has 4 aromatic carbocycles. The fraction of sp³-hybridized carbons (Fsp3) is 0.237. The molecule has 4 N–H and O–H groups in total. The molecule has 248 valence electrons. The second kappa shape index (κ2) is 11.3. The fourth-order valence-corrected chi connectivity index (χ4v) is 7.47. The Labute approximate surface area is 286 Å². The van der Waals surface area contributed by atoms with Gasteiger partial charge in [0, 0.05) is 69.5 Å². The van der Waals surface area contributed by atoms with E-state index in [2.05, 4.69) is 15.3 Å². The van der Waals surface area contributed by atoms with Crippen LogP contribution in [0.25, 0.3) is 32.6 Å². The molecule has 1 atom stereocenters. The Hall–Kier alpha value is -5.48. The number of ether oxygens (including phenoxy) is 1. The fourth-order valence-electron chi connectivity index (χ4n) is 7.22. The summed E-state index contributed by atoms with van der Waals surface area (Å²) >= 11 is 6.41. The number of hydrogen-bond acceptors (Lipinski definition) is 5. The zero-order valence-corrected chi connectivity index (χ0v) is 27.9. The highest BCUT2D eigenvalue weighted by Crippen LogP contribution is 2.46. The predicted octanol–water partition coefficient (Wildman–Crippen LogP) is 8.04. The number of anilines is 3. The average Bonchev–Trinajstić information content (AvgIpc) is 3.86. The number of alkyl halides is 1. The van der Waals surface area contributed by atoms with E-state index in [0.29, 0.717) is 48.2 Å². The lowest BCUT2D eigenvalue weighted by molar-refractivity contribution is 0.0635. The Kier molecular flexibility index (Phi) is 7.11. The van der Waals surface area contributed by atoms with Crippen molar-refractivity contribution < 1.29 is 24.2 Å². The topological polar surface area (TPSA) is 131 Å². The molecule has 2 aliphatic heterocycles. The molecule has 0 aliphatic carbocycles. The number of aromatic hydroxyl groups is 1. The number of H-pyrrole nitrogens is 2. The van der Waals surface area contributed by atoms with E-state index >= 15 is 0 Å². The van der Waals surface area contributed by atoms with Crippen molar-refractivity contribution in [3.63, 3.8) is 0 Å². The third-order valence-corrected chi connectivity index (χ3v) is 9.69. The van der Waals surface area contributed by atoms with Crippen molar-refractivity contribution in [2.24, 2.45) is 0 Å². The van der Waals surface area contributed by atoms with Crippen molar-refractivity contribution in [2.75, 3.05) is 34.1 Å². The summed E-state index contributed by atoms with van der Waals surface area (Å²) in [6.45, 7) is 6.30. The van der Waals surface area contributed by atoms with E-state index in [-0.39, 0.29) is 23.5 Å². The molecular weight excluding hydrogens is 642 g/mol. The molecule has 6 aromatic rings. The Morgan fingerprint density at radius 3 is 2.37 bits per heavy atom. The minimum Gasteiger partial charge on any atom is -0.507 e. The molecule has 49 heavy (non-hydrogen) atoms. The highest BCUT2D eigenvalue weighted by Gasteiger charge is 2.36. The quantitative estimate of drug-likeness (QED) is 0.141. The highest BCUT2D eigenvalue weighted by molar-refractivity contribution is 6.19. The molecular formula is C38H34ClN5O5. The number of benzene rings is 4. The van der Waals surface area contributed by atoms with Gasteiger partial charge in [0.1, 0.15) is 22.7 Å². The maximum Gasteiger partial charge on any atom is 0.412 e. The first-order chi connectivity index (χ1) is 23.5. The second-order valence-corrected chi connectivity index (χ2v) is 14.0. The van der Waals surface area contributed by atoms with E-state index in [9.17, 15) is 19.5 Å². The van der Waals surface area contributed by atoms with Crippen molar-refractivity contribution in [1.82, 2.24) is 9.97 Å². The van der Waals surface area contributed by atoms with Crippen LogP contribution < -0.4 is 15.1 Å². The van der Waals surface area contributed by atoms with Gasteiger partial charge in [-0.2, -0.15) is 0 Å². The number of rotatable bonds is 4. The van der Waals surface area contributed by atoms with E-state index < -0.39 is 11.7 Å².